The number of allylic oxidation sites excluding steroid dienone is 1. The molecule has 0 spiro atoms. The number of nitrogens with two attached hydrogens (primary N) is 1. The highest BCUT2D eigenvalue weighted by Gasteiger charge is 2.37. The molecule has 0 unspecified atom stereocenters. The van der Waals surface area contributed by atoms with E-state index in [0.717, 1.165) is 18.2 Å². The number of fused-ring (bicyclic) bond motifs is 1. The molecule has 9 heteroatoms. The third-order valence-electron chi connectivity index (χ3n) is 3.83. The molecule has 0 amide bonds. The van der Waals surface area contributed by atoms with Gasteiger partial charge in [-0.1, -0.05) is 18.2 Å². The summed E-state index contributed by atoms with van der Waals surface area (Å²) in [5, 5.41) is 18.6. The van der Waals surface area contributed by atoms with Gasteiger partial charge >= 0.3 is 6.18 Å². The molecule has 1 atom stereocenters. The number of ether oxygens (including phenoxy) is 1. The molecule has 0 aliphatic carbocycles. The van der Waals surface area contributed by atoms with Crippen LogP contribution in [0.1, 0.15) is 28.6 Å². The molecule has 26 heavy (non-hydrogen) atoms. The number of hydrogen-bond acceptors (Lipinski definition) is 6. The van der Waals surface area contributed by atoms with Crippen LogP contribution >= 0.6 is 0 Å². The summed E-state index contributed by atoms with van der Waals surface area (Å²) < 4.78 is 49.7. The van der Waals surface area contributed by atoms with E-state index in [1.807, 2.05) is 0 Å². The van der Waals surface area contributed by atoms with Gasteiger partial charge in [-0.3, -0.25) is 4.79 Å². The first kappa shape index (κ1) is 17.6. The van der Waals surface area contributed by atoms with Crippen LogP contribution in [0, 0.1) is 11.3 Å². The Morgan fingerprint density at radius 2 is 2.04 bits per heavy atom. The zero-order valence-corrected chi connectivity index (χ0v) is 13.0. The van der Waals surface area contributed by atoms with Crippen molar-refractivity contribution >= 4 is 0 Å². The third kappa shape index (κ3) is 2.91. The number of aliphatic hydroxyl groups is 1. The van der Waals surface area contributed by atoms with Crippen molar-refractivity contribution in [3.63, 3.8) is 0 Å². The van der Waals surface area contributed by atoms with Crippen molar-refractivity contribution in [2.45, 2.75) is 18.7 Å². The van der Waals surface area contributed by atoms with Crippen LogP contribution < -0.4 is 15.9 Å². The van der Waals surface area contributed by atoms with Crippen molar-refractivity contribution in [2.75, 3.05) is 0 Å². The first-order valence-corrected chi connectivity index (χ1v) is 7.28. The van der Waals surface area contributed by atoms with Gasteiger partial charge in [0.05, 0.1) is 11.5 Å². The van der Waals surface area contributed by atoms with Crippen LogP contribution in [-0.4, -0.2) is 5.11 Å². The molecule has 2 heterocycles. The summed E-state index contributed by atoms with van der Waals surface area (Å²) in [6.45, 7) is -0.612. The van der Waals surface area contributed by atoms with Crippen LogP contribution in [-0.2, 0) is 12.8 Å². The molecule has 1 aliphatic heterocycles. The average Bonchev–Trinajstić information content (AvgIpc) is 2.60. The van der Waals surface area contributed by atoms with E-state index in [-0.39, 0.29) is 28.4 Å². The zero-order chi connectivity index (χ0) is 19.1. The van der Waals surface area contributed by atoms with Crippen LogP contribution in [0.5, 0.6) is 5.75 Å². The Kier molecular flexibility index (Phi) is 4.21. The minimum absolute atomic E-state index is 0.0436. The Labute approximate surface area is 144 Å². The van der Waals surface area contributed by atoms with E-state index >= 15 is 0 Å². The van der Waals surface area contributed by atoms with Crippen molar-refractivity contribution < 1.29 is 27.4 Å². The van der Waals surface area contributed by atoms with Gasteiger partial charge in [-0.25, -0.2) is 0 Å². The topological polar surface area (TPSA) is 109 Å². The smallest absolute Gasteiger partial charge is 0.416 e. The molecule has 0 fully saturated rings. The maximum Gasteiger partial charge on any atom is 0.416 e. The van der Waals surface area contributed by atoms with Crippen LogP contribution in [0.3, 0.4) is 0 Å². The van der Waals surface area contributed by atoms with Gasteiger partial charge in [-0.05, 0) is 11.6 Å². The average molecular weight is 364 g/mol. The summed E-state index contributed by atoms with van der Waals surface area (Å²) in [4.78, 5) is 12.2. The second-order valence-electron chi connectivity index (χ2n) is 5.48. The third-order valence-corrected chi connectivity index (χ3v) is 3.83. The molecule has 6 nitrogen and oxygen atoms in total. The fraction of sp³-hybridized carbons (Fsp3) is 0.176. The summed E-state index contributed by atoms with van der Waals surface area (Å²) in [6.07, 6.45) is -4.60. The van der Waals surface area contributed by atoms with Gasteiger partial charge in [0.1, 0.15) is 24.0 Å². The normalized spacial score (nSPS) is 16.7. The van der Waals surface area contributed by atoms with E-state index < -0.39 is 35.6 Å². The lowest BCUT2D eigenvalue weighted by atomic mass is 9.86. The number of aliphatic hydroxyl groups excluding tert-OH is 1. The molecule has 134 valence electrons. The summed E-state index contributed by atoms with van der Waals surface area (Å²) >= 11 is 0. The van der Waals surface area contributed by atoms with Gasteiger partial charge in [0.25, 0.3) is 0 Å². The molecule has 1 aliphatic rings. The maximum absolute atomic E-state index is 13.0. The number of nitriles is 1. The van der Waals surface area contributed by atoms with Gasteiger partial charge in [0.2, 0.25) is 17.1 Å². The van der Waals surface area contributed by atoms with Crippen molar-refractivity contribution in [1.82, 2.24) is 0 Å². The summed E-state index contributed by atoms with van der Waals surface area (Å²) in [5.74, 6) is -2.21. The van der Waals surface area contributed by atoms with E-state index in [1.165, 1.54) is 12.1 Å². The van der Waals surface area contributed by atoms with E-state index in [1.54, 1.807) is 6.07 Å². The first-order chi connectivity index (χ1) is 12.3. The number of halogens is 3. The van der Waals surface area contributed by atoms with Crippen LogP contribution in [0.25, 0.3) is 0 Å². The van der Waals surface area contributed by atoms with Crippen LogP contribution in [0.4, 0.5) is 13.2 Å². The maximum atomic E-state index is 13.0. The molecular weight excluding hydrogens is 353 g/mol. The predicted molar refractivity (Wildman–Crippen MR) is 81.6 cm³/mol. The van der Waals surface area contributed by atoms with E-state index in [9.17, 15) is 28.3 Å². The standard InChI is InChI=1S/C17H11F3N2O4/c18-17(19,20)9-3-1-2-8(4-9)13-11(6-21)16(22)26-14-12(24)5-10(7-23)25-15(13)14/h1-5,13,23H,7,22H2/t13-/m1/s1. The molecule has 3 rings (SSSR count). The fourth-order valence-corrected chi connectivity index (χ4v) is 2.69. The molecule has 0 saturated carbocycles. The predicted octanol–water partition coefficient (Wildman–Crippen LogP) is 2.37. The molecule has 1 aromatic heterocycles. The molecule has 0 saturated heterocycles. The molecule has 0 radical (unpaired) electrons. The van der Waals surface area contributed by atoms with E-state index in [0.29, 0.717) is 0 Å². The molecule has 2 aromatic rings. The number of hydrogen-bond donors (Lipinski definition) is 2. The lowest BCUT2D eigenvalue weighted by Crippen LogP contribution is -2.25. The largest absolute Gasteiger partial charge is 0.458 e. The summed E-state index contributed by atoms with van der Waals surface area (Å²) in [6, 6.07) is 7.01. The molecule has 1 aromatic carbocycles. The van der Waals surface area contributed by atoms with Crippen LogP contribution in [0.2, 0.25) is 0 Å². The molecule has 0 bridgehead atoms. The number of rotatable bonds is 2. The summed E-state index contributed by atoms with van der Waals surface area (Å²) in [7, 11) is 0. The molecular formula is C17H11F3N2O4. The quantitative estimate of drug-likeness (QED) is 0.847. The van der Waals surface area contributed by atoms with Crippen molar-refractivity contribution in [3.8, 4) is 11.8 Å². The highest BCUT2D eigenvalue weighted by molar-refractivity contribution is 5.52. The minimum Gasteiger partial charge on any atom is -0.458 e. The van der Waals surface area contributed by atoms with Crippen molar-refractivity contribution in [1.29, 1.82) is 5.26 Å². The lowest BCUT2D eigenvalue weighted by molar-refractivity contribution is -0.137. The van der Waals surface area contributed by atoms with Gasteiger partial charge in [0, 0.05) is 6.07 Å². The van der Waals surface area contributed by atoms with Crippen molar-refractivity contribution in [2.24, 2.45) is 5.73 Å². The Bertz CT molecular complexity index is 1000. The Hall–Kier alpha value is -3.25. The van der Waals surface area contributed by atoms with Crippen molar-refractivity contribution in [3.05, 3.63) is 74.7 Å². The summed E-state index contributed by atoms with van der Waals surface area (Å²) in [5.41, 5.74) is 3.92. The minimum atomic E-state index is -4.60. The zero-order valence-electron chi connectivity index (χ0n) is 13.0. The van der Waals surface area contributed by atoms with E-state index in [2.05, 4.69) is 0 Å². The van der Waals surface area contributed by atoms with Gasteiger partial charge in [-0.2, -0.15) is 18.4 Å². The fourth-order valence-electron chi connectivity index (χ4n) is 2.69. The Morgan fingerprint density at radius 1 is 1.31 bits per heavy atom. The lowest BCUT2D eigenvalue weighted by Gasteiger charge is -2.25. The highest BCUT2D eigenvalue weighted by Crippen LogP contribution is 2.42. The molecule has 3 N–H and O–H groups in total. The van der Waals surface area contributed by atoms with Gasteiger partial charge in [-0.15, -0.1) is 0 Å². The van der Waals surface area contributed by atoms with Crippen LogP contribution in [0.15, 0.2) is 51.0 Å². The number of benzene rings is 1. The monoisotopic (exact) mass is 364 g/mol. The highest BCUT2D eigenvalue weighted by atomic mass is 19.4. The van der Waals surface area contributed by atoms with Gasteiger partial charge < -0.3 is 20.0 Å². The number of alkyl halides is 3. The second kappa shape index (κ2) is 6.24. The second-order valence-corrected chi connectivity index (χ2v) is 5.48. The first-order valence-electron chi connectivity index (χ1n) is 7.28. The van der Waals surface area contributed by atoms with Gasteiger partial charge in [0.15, 0.2) is 5.76 Å². The number of nitrogens with zero attached hydrogens (tertiary/aromatic N) is 1. The Balaban J connectivity index is 2.28. The SMILES string of the molecule is N#CC1=C(N)Oc2c(oc(CO)cc2=O)[C@@H]1c1cccc(C(F)(F)F)c1. The Morgan fingerprint density at radius 3 is 2.65 bits per heavy atom. The van der Waals surface area contributed by atoms with E-state index in [4.69, 9.17) is 14.9 Å².